The fourth-order valence-corrected chi connectivity index (χ4v) is 1.88. The van der Waals surface area contributed by atoms with Crippen LogP contribution in [0.4, 0.5) is 0 Å². The van der Waals surface area contributed by atoms with Crippen LogP contribution < -0.4 is 0 Å². The zero-order valence-electron chi connectivity index (χ0n) is 10.4. The Morgan fingerprint density at radius 3 is 2.32 bits per heavy atom. The van der Waals surface area contributed by atoms with Gasteiger partial charge in [0.25, 0.3) is 0 Å². The fourth-order valence-electron chi connectivity index (χ4n) is 1.73. The summed E-state index contributed by atoms with van der Waals surface area (Å²) in [6.45, 7) is 2.05. The molecule has 0 aliphatic heterocycles. The van der Waals surface area contributed by atoms with Gasteiger partial charge in [-0.2, -0.15) is 0 Å². The highest BCUT2D eigenvalue weighted by molar-refractivity contribution is 7.80. The average molecular weight is 268 g/mol. The molecular weight excluding hydrogens is 256 g/mol. The summed E-state index contributed by atoms with van der Waals surface area (Å²) in [6.07, 6.45) is 0. The lowest BCUT2D eigenvalue weighted by Crippen LogP contribution is -1.98. The van der Waals surface area contributed by atoms with Gasteiger partial charge in [0.15, 0.2) is 0 Å². The lowest BCUT2D eigenvalue weighted by Gasteiger charge is -1.98. The van der Waals surface area contributed by atoms with E-state index in [0.717, 1.165) is 16.1 Å². The normalized spacial score (nSPS) is 10.6. The van der Waals surface area contributed by atoms with Crippen LogP contribution >= 0.6 is 12.6 Å². The van der Waals surface area contributed by atoms with E-state index >= 15 is 0 Å². The van der Waals surface area contributed by atoms with Crippen LogP contribution in [0.5, 0.6) is 0 Å². The van der Waals surface area contributed by atoms with Crippen molar-refractivity contribution in [3.05, 3.63) is 54.1 Å². The summed E-state index contributed by atoms with van der Waals surface area (Å²) in [6, 6.07) is 15.7. The van der Waals surface area contributed by atoms with Crippen LogP contribution in [0, 0.1) is 6.92 Å². The highest BCUT2D eigenvalue weighted by Crippen LogP contribution is 2.16. The molecule has 5 heteroatoms. The molecule has 3 rings (SSSR count). The molecule has 0 bridgehead atoms. The summed E-state index contributed by atoms with van der Waals surface area (Å²) in [5.74, 6) is 0.620. The number of thiol groups is 1. The first-order chi connectivity index (χ1) is 9.22. The first kappa shape index (κ1) is 11.9. The minimum atomic E-state index is 0.620. The molecule has 0 spiro atoms. The van der Waals surface area contributed by atoms with E-state index < -0.39 is 0 Å². The molecule has 0 fully saturated rings. The lowest BCUT2D eigenvalue weighted by molar-refractivity contribution is 0.719. The fraction of sp³-hybridized carbons (Fsp3) is 0.0714. The minimum Gasteiger partial charge on any atom is -0.143 e. The third-order valence-electron chi connectivity index (χ3n) is 2.80. The number of aryl methyl sites for hydroxylation is 1. The molecule has 0 amide bonds. The van der Waals surface area contributed by atoms with Crippen molar-refractivity contribution < 1.29 is 0 Å². The van der Waals surface area contributed by atoms with Crippen molar-refractivity contribution in [1.29, 1.82) is 0 Å². The summed E-state index contributed by atoms with van der Waals surface area (Å²) in [5, 5.41) is 12.5. The van der Waals surface area contributed by atoms with Gasteiger partial charge in [0, 0.05) is 10.5 Å². The zero-order valence-corrected chi connectivity index (χ0v) is 11.2. The molecule has 4 nitrogen and oxygen atoms in total. The second-order valence-corrected chi connectivity index (χ2v) is 4.80. The van der Waals surface area contributed by atoms with Crippen molar-refractivity contribution in [2.45, 2.75) is 11.8 Å². The van der Waals surface area contributed by atoms with Gasteiger partial charge in [0.05, 0.1) is 5.69 Å². The molecule has 1 aromatic heterocycles. The van der Waals surface area contributed by atoms with Crippen LogP contribution in [0.15, 0.2) is 53.4 Å². The quantitative estimate of drug-likeness (QED) is 0.727. The van der Waals surface area contributed by atoms with Crippen molar-refractivity contribution >= 4 is 12.6 Å². The molecule has 0 N–H and O–H groups in total. The number of hydrogen-bond acceptors (Lipinski definition) is 4. The lowest BCUT2D eigenvalue weighted by atomic mass is 10.1. The van der Waals surface area contributed by atoms with E-state index in [0.29, 0.717) is 5.82 Å². The van der Waals surface area contributed by atoms with E-state index in [2.05, 4.69) is 28.0 Å². The second kappa shape index (κ2) is 4.85. The van der Waals surface area contributed by atoms with Crippen LogP contribution in [-0.2, 0) is 0 Å². The van der Waals surface area contributed by atoms with E-state index in [9.17, 15) is 0 Å². The maximum atomic E-state index is 4.38. The predicted octanol–water partition coefficient (Wildman–Crippen LogP) is 2.93. The summed E-state index contributed by atoms with van der Waals surface area (Å²) >= 11 is 4.25. The van der Waals surface area contributed by atoms with Crippen LogP contribution in [0.2, 0.25) is 0 Å². The van der Waals surface area contributed by atoms with Gasteiger partial charge >= 0.3 is 0 Å². The standard InChI is InChI=1S/C14H12N4S/c1-10-2-4-11(5-3-10)14-15-17-18(16-14)12-6-8-13(19)9-7-12/h2-9,19H,1H3. The van der Waals surface area contributed by atoms with E-state index in [1.807, 2.05) is 55.5 Å². The Morgan fingerprint density at radius 1 is 0.947 bits per heavy atom. The van der Waals surface area contributed by atoms with Gasteiger partial charge in [-0.3, -0.25) is 0 Å². The molecule has 19 heavy (non-hydrogen) atoms. The van der Waals surface area contributed by atoms with Crippen LogP contribution in [0.1, 0.15) is 5.56 Å². The zero-order chi connectivity index (χ0) is 13.2. The highest BCUT2D eigenvalue weighted by atomic mass is 32.1. The Labute approximate surface area is 116 Å². The third-order valence-corrected chi connectivity index (χ3v) is 3.10. The van der Waals surface area contributed by atoms with Crippen LogP contribution in [0.25, 0.3) is 17.1 Å². The van der Waals surface area contributed by atoms with Crippen molar-refractivity contribution in [2.75, 3.05) is 0 Å². The third kappa shape index (κ3) is 2.51. The topological polar surface area (TPSA) is 43.6 Å². The van der Waals surface area contributed by atoms with Crippen molar-refractivity contribution in [3.8, 4) is 17.1 Å². The molecule has 94 valence electrons. The Bertz CT molecular complexity index is 626. The summed E-state index contributed by atoms with van der Waals surface area (Å²) in [7, 11) is 0. The van der Waals surface area contributed by atoms with Gasteiger partial charge in [-0.25, -0.2) is 0 Å². The van der Waals surface area contributed by atoms with E-state index in [1.54, 1.807) is 0 Å². The number of aromatic nitrogens is 4. The number of hydrogen-bond donors (Lipinski definition) is 1. The molecule has 0 saturated heterocycles. The number of benzene rings is 2. The second-order valence-electron chi connectivity index (χ2n) is 4.28. The first-order valence-electron chi connectivity index (χ1n) is 5.89. The molecule has 0 radical (unpaired) electrons. The van der Waals surface area contributed by atoms with Gasteiger partial charge in [0.2, 0.25) is 5.82 Å². The Morgan fingerprint density at radius 2 is 1.63 bits per heavy atom. The van der Waals surface area contributed by atoms with Crippen LogP contribution in [0.3, 0.4) is 0 Å². The molecule has 0 aliphatic carbocycles. The van der Waals surface area contributed by atoms with Gasteiger partial charge < -0.3 is 0 Å². The number of nitrogens with zero attached hydrogens (tertiary/aromatic N) is 4. The van der Waals surface area contributed by atoms with E-state index in [4.69, 9.17) is 0 Å². The monoisotopic (exact) mass is 268 g/mol. The largest absolute Gasteiger partial charge is 0.205 e. The molecule has 0 atom stereocenters. The van der Waals surface area contributed by atoms with Crippen molar-refractivity contribution in [1.82, 2.24) is 20.2 Å². The minimum absolute atomic E-state index is 0.620. The average Bonchev–Trinajstić information content (AvgIpc) is 2.90. The molecule has 3 aromatic rings. The summed E-state index contributed by atoms with van der Waals surface area (Å²) in [4.78, 5) is 2.42. The summed E-state index contributed by atoms with van der Waals surface area (Å²) in [5.41, 5.74) is 3.03. The Hall–Kier alpha value is -2.14. The molecule has 2 aromatic carbocycles. The molecule has 0 unspecified atom stereocenters. The highest BCUT2D eigenvalue weighted by Gasteiger charge is 2.06. The molecule has 1 heterocycles. The Balaban J connectivity index is 1.95. The van der Waals surface area contributed by atoms with Gasteiger partial charge in [0.1, 0.15) is 0 Å². The summed E-state index contributed by atoms with van der Waals surface area (Å²) < 4.78 is 0. The first-order valence-corrected chi connectivity index (χ1v) is 6.33. The van der Waals surface area contributed by atoms with Gasteiger partial charge in [-0.1, -0.05) is 29.8 Å². The number of tetrazole rings is 1. The van der Waals surface area contributed by atoms with E-state index in [-0.39, 0.29) is 0 Å². The smallest absolute Gasteiger partial charge is 0.143 e. The molecule has 0 aliphatic rings. The predicted molar refractivity (Wildman–Crippen MR) is 76.6 cm³/mol. The maximum Gasteiger partial charge on any atom is 0.205 e. The molecular formula is C14H12N4S. The maximum absolute atomic E-state index is 4.38. The Kier molecular flexibility index (Phi) is 3.05. The molecule has 0 saturated carbocycles. The van der Waals surface area contributed by atoms with Crippen molar-refractivity contribution in [3.63, 3.8) is 0 Å². The van der Waals surface area contributed by atoms with Crippen molar-refractivity contribution in [2.24, 2.45) is 0 Å². The van der Waals surface area contributed by atoms with Crippen LogP contribution in [-0.4, -0.2) is 20.2 Å². The van der Waals surface area contributed by atoms with Gasteiger partial charge in [-0.05, 0) is 36.4 Å². The SMILES string of the molecule is Cc1ccc(-c2nnn(-c3ccc(S)cc3)n2)cc1. The van der Waals surface area contributed by atoms with Gasteiger partial charge in [-0.15, -0.1) is 27.6 Å². The number of rotatable bonds is 2. The van der Waals surface area contributed by atoms with E-state index in [1.165, 1.54) is 10.4 Å².